The van der Waals surface area contributed by atoms with Crippen LogP contribution in [-0.2, 0) is 0 Å². The van der Waals surface area contributed by atoms with E-state index in [-0.39, 0.29) is 0 Å². The van der Waals surface area contributed by atoms with Crippen LogP contribution in [0.1, 0.15) is 13.8 Å². The van der Waals surface area contributed by atoms with Crippen LogP contribution in [0.15, 0.2) is 91.0 Å². The third-order valence-corrected chi connectivity index (χ3v) is 5.35. The number of benzene rings is 4. The molecule has 1 aliphatic rings. The Labute approximate surface area is 159 Å². The zero-order valence-electron chi connectivity index (χ0n) is 15.6. The molecular formula is C26H21N. The van der Waals surface area contributed by atoms with Crippen molar-refractivity contribution in [2.75, 3.05) is 0 Å². The summed E-state index contributed by atoms with van der Waals surface area (Å²) in [6.45, 7) is 4.00. The first-order valence-corrected chi connectivity index (χ1v) is 9.65. The molecule has 1 nitrogen and oxygen atoms in total. The van der Waals surface area contributed by atoms with E-state index in [0.717, 1.165) is 0 Å². The molecule has 0 aliphatic carbocycles. The highest BCUT2D eigenvalue weighted by Crippen LogP contribution is 2.46. The fourth-order valence-electron chi connectivity index (χ4n) is 4.34. The average Bonchev–Trinajstić information content (AvgIpc) is 3.03. The molecule has 27 heavy (non-hydrogen) atoms. The van der Waals surface area contributed by atoms with Gasteiger partial charge in [-0.2, -0.15) is 0 Å². The molecule has 5 aromatic rings. The molecule has 1 aliphatic heterocycles. The molecule has 0 saturated carbocycles. The van der Waals surface area contributed by atoms with E-state index in [1.807, 2.05) is 13.8 Å². The normalized spacial score (nSPS) is 11.3. The molecule has 1 aromatic heterocycles. The maximum absolute atomic E-state index is 2.44. The number of hydrogen-bond donors (Lipinski definition) is 0. The Hall–Kier alpha value is -3.32. The molecule has 0 fully saturated rings. The SMILES string of the molecule is CC.c1ccc2c(c1)-c1ccccc1-n1c3ccccc3c3cccc-2c31. The van der Waals surface area contributed by atoms with E-state index in [2.05, 4.69) is 95.6 Å². The van der Waals surface area contributed by atoms with E-state index in [1.54, 1.807) is 0 Å². The minimum atomic E-state index is 1.26. The largest absolute Gasteiger partial charge is 0.308 e. The zero-order chi connectivity index (χ0) is 18.4. The number of hydrogen-bond acceptors (Lipinski definition) is 0. The summed E-state index contributed by atoms with van der Waals surface area (Å²) in [6, 6.07) is 32.9. The molecule has 1 heteroatoms. The van der Waals surface area contributed by atoms with Crippen molar-refractivity contribution < 1.29 is 0 Å². The van der Waals surface area contributed by atoms with Gasteiger partial charge in [0.1, 0.15) is 0 Å². The maximum atomic E-state index is 2.44. The Morgan fingerprint density at radius 3 is 1.85 bits per heavy atom. The van der Waals surface area contributed by atoms with Crippen LogP contribution in [0.3, 0.4) is 0 Å². The third kappa shape index (κ3) is 2.12. The first kappa shape index (κ1) is 15.9. The number of para-hydroxylation sites is 3. The van der Waals surface area contributed by atoms with Gasteiger partial charge in [-0.3, -0.25) is 0 Å². The summed E-state index contributed by atoms with van der Waals surface area (Å²) < 4.78 is 2.44. The third-order valence-electron chi connectivity index (χ3n) is 5.35. The molecule has 130 valence electrons. The molecule has 4 aromatic carbocycles. The lowest BCUT2D eigenvalue weighted by atomic mass is 9.94. The molecule has 0 saturated heterocycles. The second-order valence-corrected chi connectivity index (χ2v) is 6.62. The van der Waals surface area contributed by atoms with Crippen LogP contribution >= 0.6 is 0 Å². The number of aromatic nitrogens is 1. The standard InChI is InChI=1S/C24H15N.C2H6/c1-2-9-17-16(8-1)18-10-3-5-14-22(18)25-23-15-6-4-11-19(23)21-13-7-12-20(17)24(21)25;1-2/h1-15H;1-2H3. The predicted octanol–water partition coefficient (Wildman–Crippen LogP) is 7.46. The molecule has 0 radical (unpaired) electrons. The van der Waals surface area contributed by atoms with Crippen molar-refractivity contribution in [1.82, 2.24) is 4.57 Å². The molecule has 2 heterocycles. The monoisotopic (exact) mass is 347 g/mol. The van der Waals surface area contributed by atoms with Gasteiger partial charge in [-0.05, 0) is 23.3 Å². The lowest BCUT2D eigenvalue weighted by molar-refractivity contribution is 1.19. The van der Waals surface area contributed by atoms with Crippen LogP contribution in [0.25, 0.3) is 49.7 Å². The molecule has 0 N–H and O–H groups in total. The molecule has 0 spiro atoms. The van der Waals surface area contributed by atoms with Crippen LogP contribution in [0.4, 0.5) is 0 Å². The molecule has 0 bridgehead atoms. The van der Waals surface area contributed by atoms with Crippen LogP contribution in [0.5, 0.6) is 0 Å². The zero-order valence-corrected chi connectivity index (χ0v) is 15.6. The second kappa shape index (κ2) is 6.14. The lowest BCUT2D eigenvalue weighted by Crippen LogP contribution is -1.95. The summed E-state index contributed by atoms with van der Waals surface area (Å²) in [4.78, 5) is 0. The van der Waals surface area contributed by atoms with Crippen LogP contribution in [0, 0.1) is 0 Å². The predicted molar refractivity (Wildman–Crippen MR) is 117 cm³/mol. The van der Waals surface area contributed by atoms with Gasteiger partial charge in [-0.1, -0.05) is 92.7 Å². The fraction of sp³-hybridized carbons (Fsp3) is 0.0769. The minimum absolute atomic E-state index is 1.26. The highest BCUT2D eigenvalue weighted by atomic mass is 15.0. The second-order valence-electron chi connectivity index (χ2n) is 6.62. The highest BCUT2D eigenvalue weighted by molar-refractivity contribution is 6.16. The van der Waals surface area contributed by atoms with Gasteiger partial charge in [0.2, 0.25) is 0 Å². The molecule has 0 unspecified atom stereocenters. The van der Waals surface area contributed by atoms with Gasteiger partial charge in [0, 0.05) is 21.9 Å². The van der Waals surface area contributed by atoms with E-state index in [4.69, 9.17) is 0 Å². The Bertz CT molecular complexity index is 1290. The number of nitrogens with zero attached hydrogens (tertiary/aromatic N) is 1. The average molecular weight is 347 g/mol. The van der Waals surface area contributed by atoms with Crippen molar-refractivity contribution >= 4 is 21.8 Å². The maximum Gasteiger partial charge on any atom is 0.0619 e. The number of rotatable bonds is 0. The molecule has 6 rings (SSSR count). The first-order valence-electron chi connectivity index (χ1n) is 9.65. The van der Waals surface area contributed by atoms with Gasteiger partial charge < -0.3 is 4.57 Å². The van der Waals surface area contributed by atoms with Gasteiger partial charge in [-0.25, -0.2) is 0 Å². The quantitative estimate of drug-likeness (QED) is 0.269. The Morgan fingerprint density at radius 2 is 1.04 bits per heavy atom. The van der Waals surface area contributed by atoms with Gasteiger partial charge in [-0.15, -0.1) is 0 Å². The Balaban J connectivity index is 0.000000777. The van der Waals surface area contributed by atoms with Gasteiger partial charge in [0.05, 0.1) is 16.7 Å². The Morgan fingerprint density at radius 1 is 0.481 bits per heavy atom. The van der Waals surface area contributed by atoms with Crippen molar-refractivity contribution in [2.24, 2.45) is 0 Å². The Kier molecular flexibility index (Phi) is 3.61. The molecule has 0 amide bonds. The summed E-state index contributed by atoms with van der Waals surface area (Å²) in [7, 11) is 0. The smallest absolute Gasteiger partial charge is 0.0619 e. The van der Waals surface area contributed by atoms with Crippen LogP contribution in [0.2, 0.25) is 0 Å². The minimum Gasteiger partial charge on any atom is -0.308 e. The fourth-order valence-corrected chi connectivity index (χ4v) is 4.34. The molecular weight excluding hydrogens is 326 g/mol. The van der Waals surface area contributed by atoms with E-state index in [1.165, 1.54) is 49.7 Å². The number of fused-ring (bicyclic) bond motifs is 8. The van der Waals surface area contributed by atoms with E-state index in [0.29, 0.717) is 0 Å². The topological polar surface area (TPSA) is 4.93 Å². The van der Waals surface area contributed by atoms with Crippen LogP contribution in [-0.4, -0.2) is 4.57 Å². The van der Waals surface area contributed by atoms with Crippen molar-refractivity contribution in [2.45, 2.75) is 13.8 Å². The van der Waals surface area contributed by atoms with Gasteiger partial charge >= 0.3 is 0 Å². The van der Waals surface area contributed by atoms with Crippen molar-refractivity contribution in [1.29, 1.82) is 0 Å². The lowest BCUT2D eigenvalue weighted by Gasteiger charge is -2.11. The summed E-state index contributed by atoms with van der Waals surface area (Å²) in [6.07, 6.45) is 0. The van der Waals surface area contributed by atoms with Gasteiger partial charge in [0.15, 0.2) is 0 Å². The van der Waals surface area contributed by atoms with E-state index < -0.39 is 0 Å². The van der Waals surface area contributed by atoms with Crippen molar-refractivity contribution in [3.63, 3.8) is 0 Å². The summed E-state index contributed by atoms with van der Waals surface area (Å²) >= 11 is 0. The first-order chi connectivity index (χ1) is 13.4. The summed E-state index contributed by atoms with van der Waals surface area (Å²) in [5.41, 5.74) is 9.04. The van der Waals surface area contributed by atoms with Crippen molar-refractivity contribution in [3.8, 4) is 27.9 Å². The molecule has 0 atom stereocenters. The summed E-state index contributed by atoms with van der Waals surface area (Å²) in [5, 5.41) is 2.63. The summed E-state index contributed by atoms with van der Waals surface area (Å²) in [5.74, 6) is 0. The van der Waals surface area contributed by atoms with Crippen LogP contribution < -0.4 is 0 Å². The van der Waals surface area contributed by atoms with E-state index in [9.17, 15) is 0 Å². The highest BCUT2D eigenvalue weighted by Gasteiger charge is 2.23. The van der Waals surface area contributed by atoms with E-state index >= 15 is 0 Å². The van der Waals surface area contributed by atoms with Crippen molar-refractivity contribution in [3.05, 3.63) is 91.0 Å². The van der Waals surface area contributed by atoms with Gasteiger partial charge in [0.25, 0.3) is 0 Å².